The maximum atomic E-state index is 10.2. The monoisotopic (exact) mass is 201 g/mol. The van der Waals surface area contributed by atoms with Crippen molar-refractivity contribution in [2.45, 2.75) is 58.3 Å². The molecule has 0 unspecified atom stereocenters. The van der Waals surface area contributed by atoms with Crippen molar-refractivity contribution in [1.82, 2.24) is 0 Å². The number of hydrogen-bond donors (Lipinski definition) is 1. The van der Waals surface area contributed by atoms with E-state index in [0.717, 1.165) is 12.8 Å². The summed E-state index contributed by atoms with van der Waals surface area (Å²) in [6.45, 7) is 2.70. The molecule has 0 aliphatic carbocycles. The summed E-state index contributed by atoms with van der Waals surface area (Å²) >= 11 is 0. The van der Waals surface area contributed by atoms with E-state index in [1.54, 1.807) is 0 Å². The van der Waals surface area contributed by atoms with Gasteiger partial charge in [0.2, 0.25) is 0 Å². The van der Waals surface area contributed by atoms with Gasteiger partial charge in [-0.15, -0.1) is 0 Å². The molecule has 0 radical (unpaired) electrons. The first-order valence-electron chi connectivity index (χ1n) is 5.69. The SMILES string of the molecule is CCCCCCCCCCOC(N)=O. The van der Waals surface area contributed by atoms with Crippen molar-refractivity contribution in [3.63, 3.8) is 0 Å². The van der Waals surface area contributed by atoms with Crippen LogP contribution in [0.25, 0.3) is 0 Å². The van der Waals surface area contributed by atoms with Crippen LogP contribution in [0.5, 0.6) is 0 Å². The first kappa shape index (κ1) is 13.3. The van der Waals surface area contributed by atoms with E-state index < -0.39 is 6.09 Å². The van der Waals surface area contributed by atoms with E-state index in [0.29, 0.717) is 6.61 Å². The van der Waals surface area contributed by atoms with Crippen LogP contribution in [0.4, 0.5) is 4.79 Å². The van der Waals surface area contributed by atoms with Crippen LogP contribution < -0.4 is 5.73 Å². The number of rotatable bonds is 9. The van der Waals surface area contributed by atoms with Crippen LogP contribution in [0.3, 0.4) is 0 Å². The lowest BCUT2D eigenvalue weighted by molar-refractivity contribution is 0.154. The number of carbonyl (C=O) groups is 1. The zero-order valence-electron chi connectivity index (χ0n) is 9.26. The van der Waals surface area contributed by atoms with Crippen LogP contribution in [-0.4, -0.2) is 12.7 Å². The smallest absolute Gasteiger partial charge is 0.404 e. The molecule has 0 aromatic heterocycles. The van der Waals surface area contributed by atoms with E-state index in [2.05, 4.69) is 11.7 Å². The van der Waals surface area contributed by atoms with Crippen molar-refractivity contribution in [3.8, 4) is 0 Å². The summed E-state index contributed by atoms with van der Waals surface area (Å²) in [6.07, 6.45) is 9.31. The quantitative estimate of drug-likeness (QED) is 0.582. The van der Waals surface area contributed by atoms with Gasteiger partial charge in [-0.25, -0.2) is 4.79 Å². The molecule has 0 saturated heterocycles. The highest BCUT2D eigenvalue weighted by atomic mass is 16.5. The Labute approximate surface area is 87.0 Å². The minimum atomic E-state index is -0.659. The normalized spacial score (nSPS) is 10.1. The van der Waals surface area contributed by atoms with Crippen molar-refractivity contribution in [2.75, 3.05) is 6.61 Å². The molecule has 0 spiro atoms. The Balaban J connectivity index is 2.88. The molecule has 0 aliphatic rings. The number of amides is 1. The van der Waals surface area contributed by atoms with Gasteiger partial charge in [0, 0.05) is 0 Å². The Kier molecular flexibility index (Phi) is 9.81. The maximum absolute atomic E-state index is 10.2. The average Bonchev–Trinajstić information content (AvgIpc) is 2.15. The fourth-order valence-corrected chi connectivity index (χ4v) is 1.41. The second-order valence-corrected chi connectivity index (χ2v) is 3.64. The van der Waals surface area contributed by atoms with E-state index in [1.165, 1.54) is 38.5 Å². The number of nitrogens with two attached hydrogens (primary N) is 1. The van der Waals surface area contributed by atoms with Gasteiger partial charge in [-0.2, -0.15) is 0 Å². The molecule has 1 amide bonds. The molecular formula is C11H23NO2. The Morgan fingerprint density at radius 1 is 1.00 bits per heavy atom. The minimum absolute atomic E-state index is 0.476. The second-order valence-electron chi connectivity index (χ2n) is 3.64. The van der Waals surface area contributed by atoms with Gasteiger partial charge in [0.25, 0.3) is 0 Å². The van der Waals surface area contributed by atoms with Gasteiger partial charge < -0.3 is 10.5 Å². The molecule has 0 rings (SSSR count). The largest absolute Gasteiger partial charge is 0.450 e. The van der Waals surface area contributed by atoms with Gasteiger partial charge in [-0.3, -0.25) is 0 Å². The summed E-state index contributed by atoms with van der Waals surface area (Å²) in [7, 11) is 0. The Bertz CT molecular complexity index is 137. The highest BCUT2D eigenvalue weighted by Crippen LogP contribution is 2.08. The zero-order valence-corrected chi connectivity index (χ0v) is 9.26. The van der Waals surface area contributed by atoms with Gasteiger partial charge in [0.05, 0.1) is 6.61 Å². The lowest BCUT2D eigenvalue weighted by Crippen LogP contribution is -2.13. The lowest BCUT2D eigenvalue weighted by atomic mass is 10.1. The molecule has 0 saturated carbocycles. The minimum Gasteiger partial charge on any atom is -0.450 e. The second kappa shape index (κ2) is 10.4. The van der Waals surface area contributed by atoms with E-state index in [9.17, 15) is 4.79 Å². The van der Waals surface area contributed by atoms with Crippen molar-refractivity contribution in [2.24, 2.45) is 5.73 Å². The van der Waals surface area contributed by atoms with Crippen molar-refractivity contribution >= 4 is 6.09 Å². The molecule has 0 heterocycles. The number of ether oxygens (including phenoxy) is 1. The molecule has 0 aromatic rings. The number of unbranched alkanes of at least 4 members (excludes halogenated alkanes) is 7. The fourth-order valence-electron chi connectivity index (χ4n) is 1.41. The molecular weight excluding hydrogens is 178 g/mol. The van der Waals surface area contributed by atoms with Crippen molar-refractivity contribution in [1.29, 1.82) is 0 Å². The van der Waals surface area contributed by atoms with Gasteiger partial charge in [0.1, 0.15) is 0 Å². The molecule has 0 atom stereocenters. The highest BCUT2D eigenvalue weighted by molar-refractivity contribution is 5.64. The molecule has 0 fully saturated rings. The average molecular weight is 201 g/mol. The van der Waals surface area contributed by atoms with Gasteiger partial charge in [0.15, 0.2) is 0 Å². The molecule has 84 valence electrons. The van der Waals surface area contributed by atoms with E-state index >= 15 is 0 Å². The first-order valence-corrected chi connectivity index (χ1v) is 5.69. The van der Waals surface area contributed by atoms with Crippen molar-refractivity contribution in [3.05, 3.63) is 0 Å². The van der Waals surface area contributed by atoms with Gasteiger partial charge in [-0.05, 0) is 6.42 Å². The molecule has 0 aliphatic heterocycles. The molecule has 3 nitrogen and oxygen atoms in total. The van der Waals surface area contributed by atoms with E-state index in [4.69, 9.17) is 5.73 Å². The first-order chi connectivity index (χ1) is 6.77. The van der Waals surface area contributed by atoms with Crippen molar-refractivity contribution < 1.29 is 9.53 Å². The van der Waals surface area contributed by atoms with E-state index in [1.807, 2.05) is 0 Å². The molecule has 0 bridgehead atoms. The summed E-state index contributed by atoms with van der Waals surface area (Å²) < 4.78 is 4.63. The Morgan fingerprint density at radius 3 is 2.00 bits per heavy atom. The van der Waals surface area contributed by atoms with Gasteiger partial charge in [-0.1, -0.05) is 51.9 Å². The summed E-state index contributed by atoms with van der Waals surface area (Å²) in [5.41, 5.74) is 4.83. The van der Waals surface area contributed by atoms with Crippen LogP contribution in [0.1, 0.15) is 58.3 Å². The predicted molar refractivity (Wildman–Crippen MR) is 58.1 cm³/mol. The summed E-state index contributed by atoms with van der Waals surface area (Å²) in [5, 5.41) is 0. The fraction of sp³-hybridized carbons (Fsp3) is 0.909. The van der Waals surface area contributed by atoms with Crippen LogP contribution in [0.2, 0.25) is 0 Å². The third kappa shape index (κ3) is 11.3. The lowest BCUT2D eigenvalue weighted by Gasteiger charge is -2.01. The number of primary amides is 1. The molecule has 14 heavy (non-hydrogen) atoms. The molecule has 0 aromatic carbocycles. The summed E-state index contributed by atoms with van der Waals surface area (Å²) in [6, 6.07) is 0. The van der Waals surface area contributed by atoms with Crippen LogP contribution in [-0.2, 0) is 4.74 Å². The Morgan fingerprint density at radius 2 is 1.50 bits per heavy atom. The third-order valence-corrected chi connectivity index (χ3v) is 2.24. The standard InChI is InChI=1S/C11H23NO2/c1-2-3-4-5-6-7-8-9-10-14-11(12)13/h2-10H2,1H3,(H2,12,13). The van der Waals surface area contributed by atoms with Gasteiger partial charge >= 0.3 is 6.09 Å². The zero-order chi connectivity index (χ0) is 10.6. The van der Waals surface area contributed by atoms with Crippen LogP contribution in [0.15, 0.2) is 0 Å². The highest BCUT2D eigenvalue weighted by Gasteiger charge is 1.94. The predicted octanol–water partition coefficient (Wildman–Crippen LogP) is 3.22. The number of carbonyl (C=O) groups excluding carboxylic acids is 1. The maximum Gasteiger partial charge on any atom is 0.404 e. The van der Waals surface area contributed by atoms with Crippen LogP contribution in [0, 0.1) is 0 Å². The summed E-state index contributed by atoms with van der Waals surface area (Å²) in [4.78, 5) is 10.2. The van der Waals surface area contributed by atoms with Crippen LogP contribution >= 0.6 is 0 Å². The Hall–Kier alpha value is -0.730. The topological polar surface area (TPSA) is 52.3 Å². The summed E-state index contributed by atoms with van der Waals surface area (Å²) in [5.74, 6) is 0. The number of hydrogen-bond acceptors (Lipinski definition) is 2. The van der Waals surface area contributed by atoms with E-state index in [-0.39, 0.29) is 0 Å². The molecule has 3 heteroatoms. The molecule has 2 N–H and O–H groups in total. The third-order valence-electron chi connectivity index (χ3n) is 2.24.